The van der Waals surface area contributed by atoms with Gasteiger partial charge >= 0.3 is 0 Å². The van der Waals surface area contributed by atoms with Crippen LogP contribution in [0.1, 0.15) is 16.8 Å². The third-order valence-corrected chi connectivity index (χ3v) is 2.99. The van der Waals surface area contributed by atoms with E-state index in [4.69, 9.17) is 5.73 Å². The second-order valence-corrected chi connectivity index (χ2v) is 4.63. The molecule has 90 valence electrons. The number of imidazole rings is 1. The molecule has 0 unspecified atom stereocenters. The summed E-state index contributed by atoms with van der Waals surface area (Å²) in [6, 6.07) is 12.3. The Labute approximate surface area is 106 Å². The summed E-state index contributed by atoms with van der Waals surface area (Å²) < 4.78 is 1.97. The zero-order valence-electron chi connectivity index (χ0n) is 10.3. The fourth-order valence-corrected chi connectivity index (χ4v) is 2.18. The molecule has 0 aliphatic carbocycles. The van der Waals surface area contributed by atoms with Crippen molar-refractivity contribution in [1.82, 2.24) is 9.38 Å². The Morgan fingerprint density at radius 1 is 1.17 bits per heavy atom. The lowest BCUT2D eigenvalue weighted by Gasteiger charge is -1.99. The van der Waals surface area contributed by atoms with Crippen LogP contribution in [-0.2, 0) is 6.42 Å². The van der Waals surface area contributed by atoms with E-state index >= 15 is 0 Å². The van der Waals surface area contributed by atoms with Gasteiger partial charge in [0.25, 0.3) is 0 Å². The van der Waals surface area contributed by atoms with Crippen molar-refractivity contribution in [3.05, 3.63) is 65.6 Å². The Hall–Kier alpha value is -2.29. The molecule has 0 atom stereocenters. The summed E-state index contributed by atoms with van der Waals surface area (Å²) in [6.45, 7) is 2.11. The van der Waals surface area contributed by atoms with E-state index in [1.165, 1.54) is 11.1 Å². The van der Waals surface area contributed by atoms with Crippen molar-refractivity contribution >= 4 is 11.3 Å². The van der Waals surface area contributed by atoms with Crippen LogP contribution in [0, 0.1) is 6.92 Å². The monoisotopic (exact) mass is 237 g/mol. The number of pyridine rings is 1. The van der Waals surface area contributed by atoms with Gasteiger partial charge in [-0.3, -0.25) is 0 Å². The highest BCUT2D eigenvalue weighted by atomic mass is 15.0. The number of fused-ring (bicyclic) bond motifs is 1. The summed E-state index contributed by atoms with van der Waals surface area (Å²) in [5.41, 5.74) is 11.1. The molecule has 3 nitrogen and oxygen atoms in total. The number of rotatable bonds is 2. The lowest BCUT2D eigenvalue weighted by Crippen LogP contribution is -1.88. The van der Waals surface area contributed by atoms with Crippen molar-refractivity contribution < 1.29 is 0 Å². The zero-order chi connectivity index (χ0) is 12.5. The summed E-state index contributed by atoms with van der Waals surface area (Å²) in [6.07, 6.45) is 4.78. The van der Waals surface area contributed by atoms with Gasteiger partial charge in [0.15, 0.2) is 0 Å². The van der Waals surface area contributed by atoms with Crippen LogP contribution in [0.2, 0.25) is 0 Å². The van der Waals surface area contributed by atoms with E-state index in [0.29, 0.717) is 0 Å². The van der Waals surface area contributed by atoms with Gasteiger partial charge in [-0.15, -0.1) is 0 Å². The zero-order valence-corrected chi connectivity index (χ0v) is 10.3. The number of nitrogens with zero attached hydrogens (tertiary/aromatic N) is 2. The highest BCUT2D eigenvalue weighted by molar-refractivity contribution is 5.48. The number of benzene rings is 1. The largest absolute Gasteiger partial charge is 0.398 e. The first kappa shape index (κ1) is 10.8. The predicted molar refractivity (Wildman–Crippen MR) is 73.6 cm³/mol. The molecule has 3 heteroatoms. The van der Waals surface area contributed by atoms with Crippen molar-refractivity contribution in [2.75, 3.05) is 5.73 Å². The number of nitrogen functional groups attached to an aromatic ring is 1. The normalized spacial score (nSPS) is 10.9. The van der Waals surface area contributed by atoms with Gasteiger partial charge < -0.3 is 10.1 Å². The van der Waals surface area contributed by atoms with Crippen LogP contribution in [0.25, 0.3) is 5.65 Å². The van der Waals surface area contributed by atoms with Gasteiger partial charge in [0.2, 0.25) is 0 Å². The van der Waals surface area contributed by atoms with Gasteiger partial charge in [0.05, 0.1) is 5.69 Å². The maximum atomic E-state index is 5.76. The first-order chi connectivity index (χ1) is 8.70. The maximum absolute atomic E-state index is 5.76. The predicted octanol–water partition coefficient (Wildman–Crippen LogP) is 2.82. The average Bonchev–Trinajstić information content (AvgIpc) is 2.70. The number of nitrogens with two attached hydrogens (primary N) is 1. The molecule has 0 aliphatic rings. The molecule has 2 heterocycles. The molecule has 18 heavy (non-hydrogen) atoms. The second kappa shape index (κ2) is 4.18. The molecule has 0 aliphatic heterocycles. The molecular formula is C15H15N3. The van der Waals surface area contributed by atoms with E-state index in [9.17, 15) is 0 Å². The third kappa shape index (κ3) is 2.07. The molecule has 0 saturated heterocycles. The van der Waals surface area contributed by atoms with Crippen LogP contribution in [0.4, 0.5) is 5.69 Å². The van der Waals surface area contributed by atoms with Gasteiger partial charge in [-0.25, -0.2) is 4.98 Å². The molecule has 2 N–H and O–H groups in total. The second-order valence-electron chi connectivity index (χ2n) is 4.63. The van der Waals surface area contributed by atoms with Crippen molar-refractivity contribution in [3.8, 4) is 0 Å². The van der Waals surface area contributed by atoms with Gasteiger partial charge in [0, 0.05) is 24.5 Å². The highest BCUT2D eigenvalue weighted by Gasteiger charge is 2.03. The SMILES string of the molecule is Cc1cccc(Cc2cn3cc(N)ccc3n2)c1. The van der Waals surface area contributed by atoms with E-state index in [1.807, 2.05) is 28.9 Å². The number of hydrogen-bond acceptors (Lipinski definition) is 2. The van der Waals surface area contributed by atoms with Crippen LogP contribution in [0.5, 0.6) is 0 Å². The van der Waals surface area contributed by atoms with E-state index in [0.717, 1.165) is 23.4 Å². The van der Waals surface area contributed by atoms with Crippen LogP contribution >= 0.6 is 0 Å². The standard InChI is InChI=1S/C15H15N3/c1-11-3-2-4-12(7-11)8-14-10-18-9-13(16)5-6-15(18)17-14/h2-7,9-10H,8,16H2,1H3. The van der Waals surface area contributed by atoms with E-state index in [-0.39, 0.29) is 0 Å². The van der Waals surface area contributed by atoms with Crippen molar-refractivity contribution in [2.45, 2.75) is 13.3 Å². The summed E-state index contributed by atoms with van der Waals surface area (Å²) >= 11 is 0. The smallest absolute Gasteiger partial charge is 0.137 e. The van der Waals surface area contributed by atoms with Crippen LogP contribution < -0.4 is 5.73 Å². The minimum absolute atomic E-state index is 0.752. The minimum atomic E-state index is 0.752. The molecule has 0 saturated carbocycles. The minimum Gasteiger partial charge on any atom is -0.398 e. The number of anilines is 1. The van der Waals surface area contributed by atoms with Crippen LogP contribution in [0.15, 0.2) is 48.8 Å². The quantitative estimate of drug-likeness (QED) is 0.744. The Morgan fingerprint density at radius 3 is 2.89 bits per heavy atom. The first-order valence-corrected chi connectivity index (χ1v) is 5.99. The molecule has 3 rings (SSSR count). The van der Waals surface area contributed by atoms with Crippen molar-refractivity contribution in [2.24, 2.45) is 0 Å². The third-order valence-electron chi connectivity index (χ3n) is 2.99. The Morgan fingerprint density at radius 2 is 2.06 bits per heavy atom. The summed E-state index contributed by atoms with van der Waals surface area (Å²) in [5.74, 6) is 0. The number of hydrogen-bond donors (Lipinski definition) is 1. The lowest BCUT2D eigenvalue weighted by molar-refractivity contribution is 1.11. The summed E-state index contributed by atoms with van der Waals surface area (Å²) in [7, 11) is 0. The molecule has 1 aromatic carbocycles. The molecule has 0 amide bonds. The fourth-order valence-electron chi connectivity index (χ4n) is 2.18. The Kier molecular flexibility index (Phi) is 2.52. The van der Waals surface area contributed by atoms with Gasteiger partial charge in [-0.1, -0.05) is 29.8 Å². The van der Waals surface area contributed by atoms with Gasteiger partial charge in [-0.05, 0) is 24.6 Å². The molecular weight excluding hydrogens is 222 g/mol. The Balaban J connectivity index is 1.95. The average molecular weight is 237 g/mol. The number of aromatic nitrogens is 2. The van der Waals surface area contributed by atoms with E-state index in [2.05, 4.69) is 36.2 Å². The molecule has 0 radical (unpaired) electrons. The maximum Gasteiger partial charge on any atom is 0.137 e. The first-order valence-electron chi connectivity index (χ1n) is 5.99. The molecule has 3 aromatic rings. The molecule has 0 spiro atoms. The Bertz CT molecular complexity index is 698. The topological polar surface area (TPSA) is 43.3 Å². The van der Waals surface area contributed by atoms with E-state index in [1.54, 1.807) is 0 Å². The molecule has 2 aromatic heterocycles. The van der Waals surface area contributed by atoms with Crippen molar-refractivity contribution in [3.63, 3.8) is 0 Å². The fraction of sp³-hybridized carbons (Fsp3) is 0.133. The van der Waals surface area contributed by atoms with E-state index < -0.39 is 0 Å². The molecule has 0 fully saturated rings. The number of aryl methyl sites for hydroxylation is 1. The highest BCUT2D eigenvalue weighted by Crippen LogP contribution is 2.13. The van der Waals surface area contributed by atoms with Gasteiger partial charge in [0.1, 0.15) is 5.65 Å². The van der Waals surface area contributed by atoms with Crippen LogP contribution in [-0.4, -0.2) is 9.38 Å². The van der Waals surface area contributed by atoms with Crippen LogP contribution in [0.3, 0.4) is 0 Å². The lowest BCUT2D eigenvalue weighted by atomic mass is 10.1. The van der Waals surface area contributed by atoms with Gasteiger partial charge in [-0.2, -0.15) is 0 Å². The summed E-state index contributed by atoms with van der Waals surface area (Å²) in [5, 5.41) is 0. The molecule has 0 bridgehead atoms. The van der Waals surface area contributed by atoms with Crippen molar-refractivity contribution in [1.29, 1.82) is 0 Å². The summed E-state index contributed by atoms with van der Waals surface area (Å²) in [4.78, 5) is 4.59.